The Bertz CT molecular complexity index is 648. The molecule has 2 aromatic rings. The van der Waals surface area contributed by atoms with Crippen molar-refractivity contribution in [2.24, 2.45) is 5.92 Å². The maximum absolute atomic E-state index is 5.81. The highest BCUT2D eigenvalue weighted by Gasteiger charge is 2.20. The summed E-state index contributed by atoms with van der Waals surface area (Å²) in [5.74, 6) is 1.38. The van der Waals surface area contributed by atoms with Crippen LogP contribution in [0.3, 0.4) is 0 Å². The van der Waals surface area contributed by atoms with Crippen molar-refractivity contribution in [1.82, 2.24) is 14.9 Å². The molecule has 0 aliphatic carbocycles. The molecule has 5 nitrogen and oxygen atoms in total. The van der Waals surface area contributed by atoms with E-state index in [1.807, 2.05) is 12.3 Å². The molecule has 1 atom stereocenters. The van der Waals surface area contributed by atoms with Crippen LogP contribution in [0.4, 0.5) is 0 Å². The zero-order valence-electron chi connectivity index (χ0n) is 15.1. The molecule has 0 amide bonds. The molecule has 0 N–H and O–H groups in total. The quantitative estimate of drug-likeness (QED) is 0.808. The van der Waals surface area contributed by atoms with Crippen LogP contribution >= 0.6 is 0 Å². The van der Waals surface area contributed by atoms with Crippen molar-refractivity contribution in [1.29, 1.82) is 0 Å². The van der Waals surface area contributed by atoms with Crippen LogP contribution in [0.2, 0.25) is 0 Å². The number of rotatable bonds is 6. The lowest BCUT2D eigenvalue weighted by Gasteiger charge is -2.23. The van der Waals surface area contributed by atoms with Crippen LogP contribution < -0.4 is 4.74 Å². The van der Waals surface area contributed by atoms with Gasteiger partial charge in [-0.25, -0.2) is 0 Å². The van der Waals surface area contributed by atoms with E-state index in [1.165, 1.54) is 5.56 Å². The molecule has 1 aromatic carbocycles. The number of aromatic nitrogens is 2. The molecule has 1 aliphatic rings. The van der Waals surface area contributed by atoms with Crippen LogP contribution in [0.1, 0.15) is 25.1 Å². The summed E-state index contributed by atoms with van der Waals surface area (Å²) in [6.07, 6.45) is 6.41. The van der Waals surface area contributed by atoms with Crippen molar-refractivity contribution in [2.75, 3.05) is 26.3 Å². The minimum atomic E-state index is 0.193. The summed E-state index contributed by atoms with van der Waals surface area (Å²) >= 11 is 0. The van der Waals surface area contributed by atoms with Gasteiger partial charge in [0.15, 0.2) is 0 Å². The summed E-state index contributed by atoms with van der Waals surface area (Å²) in [4.78, 5) is 11.0. The summed E-state index contributed by atoms with van der Waals surface area (Å²) < 4.78 is 11.6. The van der Waals surface area contributed by atoms with Gasteiger partial charge in [0.05, 0.1) is 25.0 Å². The van der Waals surface area contributed by atoms with Gasteiger partial charge < -0.3 is 9.47 Å². The Morgan fingerprint density at radius 2 is 2.24 bits per heavy atom. The van der Waals surface area contributed by atoms with Gasteiger partial charge in [0.25, 0.3) is 0 Å². The highest BCUT2D eigenvalue weighted by atomic mass is 16.5. The molecule has 0 bridgehead atoms. The monoisotopic (exact) mass is 341 g/mol. The number of benzene rings is 1. The summed E-state index contributed by atoms with van der Waals surface area (Å²) in [6, 6.07) is 8.39. The van der Waals surface area contributed by atoms with Crippen molar-refractivity contribution in [3.8, 4) is 5.75 Å². The normalized spacial score (nSPS) is 18.9. The van der Waals surface area contributed by atoms with Crippen LogP contribution in [0.5, 0.6) is 5.75 Å². The Labute approximate surface area is 150 Å². The molecule has 3 rings (SSSR count). The summed E-state index contributed by atoms with van der Waals surface area (Å²) in [5, 5.41) is 0. The third kappa shape index (κ3) is 5.80. The van der Waals surface area contributed by atoms with Crippen LogP contribution in [-0.4, -0.2) is 47.3 Å². The van der Waals surface area contributed by atoms with E-state index in [9.17, 15) is 0 Å². The molecule has 2 heterocycles. The maximum Gasteiger partial charge on any atom is 0.120 e. The molecule has 5 heteroatoms. The lowest BCUT2D eigenvalue weighted by molar-refractivity contribution is 0.121. The van der Waals surface area contributed by atoms with Crippen LogP contribution in [0.25, 0.3) is 0 Å². The van der Waals surface area contributed by atoms with E-state index in [-0.39, 0.29) is 6.10 Å². The van der Waals surface area contributed by atoms with Gasteiger partial charge in [0.2, 0.25) is 0 Å². The predicted octanol–water partition coefficient (Wildman–Crippen LogP) is 2.95. The third-order valence-electron chi connectivity index (χ3n) is 4.21. The molecule has 134 valence electrons. The fourth-order valence-corrected chi connectivity index (χ4v) is 3.20. The lowest BCUT2D eigenvalue weighted by Crippen LogP contribution is -2.30. The molecule has 0 spiro atoms. The van der Waals surface area contributed by atoms with Crippen molar-refractivity contribution in [2.45, 2.75) is 32.9 Å². The Balaban J connectivity index is 1.61. The Kier molecular flexibility index (Phi) is 6.36. The predicted molar refractivity (Wildman–Crippen MR) is 97.5 cm³/mol. The number of hydrogen-bond acceptors (Lipinski definition) is 5. The van der Waals surface area contributed by atoms with Crippen molar-refractivity contribution in [3.05, 3.63) is 54.1 Å². The summed E-state index contributed by atoms with van der Waals surface area (Å²) in [7, 11) is 0. The average molecular weight is 341 g/mol. The van der Waals surface area contributed by atoms with E-state index in [1.54, 1.807) is 12.4 Å². The number of ether oxygens (including phenoxy) is 2. The minimum Gasteiger partial charge on any atom is -0.491 e. The summed E-state index contributed by atoms with van der Waals surface area (Å²) in [6.45, 7) is 8.53. The Hall–Kier alpha value is -1.98. The molecular weight excluding hydrogens is 314 g/mol. The highest BCUT2D eigenvalue weighted by Crippen LogP contribution is 2.19. The van der Waals surface area contributed by atoms with Gasteiger partial charge in [-0.05, 0) is 38.0 Å². The van der Waals surface area contributed by atoms with Gasteiger partial charge in [-0.15, -0.1) is 0 Å². The molecular formula is C20H27N3O2. The molecule has 1 fully saturated rings. The van der Waals surface area contributed by atoms with Crippen LogP contribution in [0, 0.1) is 5.92 Å². The van der Waals surface area contributed by atoms with E-state index >= 15 is 0 Å². The van der Waals surface area contributed by atoms with Gasteiger partial charge >= 0.3 is 0 Å². The SMILES string of the molecule is CC(C)Oc1cccc(CN2CCOCC(Cc3cnccn3)C2)c1. The standard InChI is InChI=1S/C20H27N3O2/c1-16(2)25-20-5-3-4-17(11-20)13-23-8-9-24-15-18(14-23)10-19-12-21-6-7-22-19/h3-7,11-12,16,18H,8-10,13-15H2,1-2H3. The third-order valence-corrected chi connectivity index (χ3v) is 4.21. The van der Waals surface area contributed by atoms with Gasteiger partial charge in [-0.3, -0.25) is 14.9 Å². The van der Waals surface area contributed by atoms with E-state index in [4.69, 9.17) is 9.47 Å². The minimum absolute atomic E-state index is 0.193. The Morgan fingerprint density at radius 1 is 1.32 bits per heavy atom. The zero-order valence-corrected chi connectivity index (χ0v) is 15.1. The molecule has 0 saturated carbocycles. The van der Waals surface area contributed by atoms with Gasteiger partial charge in [0, 0.05) is 44.1 Å². The first kappa shape index (κ1) is 17.8. The van der Waals surface area contributed by atoms with Gasteiger partial charge in [0.1, 0.15) is 5.75 Å². The molecule has 1 unspecified atom stereocenters. The van der Waals surface area contributed by atoms with Crippen molar-refractivity contribution in [3.63, 3.8) is 0 Å². The molecule has 25 heavy (non-hydrogen) atoms. The second-order valence-corrected chi connectivity index (χ2v) is 6.89. The van der Waals surface area contributed by atoms with E-state index in [2.05, 4.69) is 46.9 Å². The zero-order chi connectivity index (χ0) is 17.5. The highest BCUT2D eigenvalue weighted by molar-refractivity contribution is 5.28. The van der Waals surface area contributed by atoms with Crippen LogP contribution in [-0.2, 0) is 17.7 Å². The maximum atomic E-state index is 5.81. The summed E-state index contributed by atoms with van der Waals surface area (Å²) in [5.41, 5.74) is 2.31. The van der Waals surface area contributed by atoms with E-state index in [0.29, 0.717) is 5.92 Å². The molecule has 0 radical (unpaired) electrons. The fourth-order valence-electron chi connectivity index (χ4n) is 3.20. The molecule has 1 aromatic heterocycles. The second-order valence-electron chi connectivity index (χ2n) is 6.89. The largest absolute Gasteiger partial charge is 0.491 e. The van der Waals surface area contributed by atoms with Gasteiger partial charge in [-0.1, -0.05) is 12.1 Å². The second kappa shape index (κ2) is 8.92. The van der Waals surface area contributed by atoms with E-state index in [0.717, 1.165) is 50.7 Å². The molecule has 1 aliphatic heterocycles. The lowest BCUT2D eigenvalue weighted by atomic mass is 10.0. The average Bonchev–Trinajstić information content (AvgIpc) is 2.80. The van der Waals surface area contributed by atoms with Crippen molar-refractivity contribution < 1.29 is 9.47 Å². The first-order valence-corrected chi connectivity index (χ1v) is 8.99. The first-order valence-electron chi connectivity index (χ1n) is 8.99. The number of nitrogens with zero attached hydrogens (tertiary/aromatic N) is 3. The fraction of sp³-hybridized carbons (Fsp3) is 0.500. The van der Waals surface area contributed by atoms with Gasteiger partial charge in [-0.2, -0.15) is 0 Å². The Morgan fingerprint density at radius 3 is 3.04 bits per heavy atom. The topological polar surface area (TPSA) is 47.5 Å². The first-order chi connectivity index (χ1) is 12.2. The van der Waals surface area contributed by atoms with Crippen LogP contribution in [0.15, 0.2) is 42.9 Å². The smallest absolute Gasteiger partial charge is 0.120 e. The van der Waals surface area contributed by atoms with Crippen molar-refractivity contribution >= 4 is 0 Å². The number of hydrogen-bond donors (Lipinski definition) is 0. The molecule has 1 saturated heterocycles. The van der Waals surface area contributed by atoms with E-state index < -0.39 is 0 Å².